The van der Waals surface area contributed by atoms with Crippen molar-refractivity contribution < 1.29 is 17.9 Å². The zero-order chi connectivity index (χ0) is 19.4. The van der Waals surface area contributed by atoms with E-state index in [1.54, 1.807) is 30.0 Å². The summed E-state index contributed by atoms with van der Waals surface area (Å²) < 4.78 is 32.5. The van der Waals surface area contributed by atoms with Crippen molar-refractivity contribution in [1.29, 1.82) is 0 Å². The number of carbonyl (C=O) groups excluding carboxylic acids is 1. The van der Waals surface area contributed by atoms with E-state index < -0.39 is 16.1 Å². The molecule has 6 nitrogen and oxygen atoms in total. The summed E-state index contributed by atoms with van der Waals surface area (Å²) in [5.74, 6) is 0.155. The first-order chi connectivity index (χ1) is 13.0. The van der Waals surface area contributed by atoms with Crippen molar-refractivity contribution in [2.75, 3.05) is 25.2 Å². The van der Waals surface area contributed by atoms with E-state index in [4.69, 9.17) is 4.74 Å². The number of hydrogen-bond acceptors (Lipinski definition) is 5. The molecule has 1 saturated heterocycles. The Morgan fingerprint density at radius 1 is 1.22 bits per heavy atom. The molecule has 1 aliphatic heterocycles. The molecular weight excluding hydrogens is 384 g/mol. The molecule has 8 heteroatoms. The smallest absolute Gasteiger partial charge is 0.243 e. The van der Waals surface area contributed by atoms with Gasteiger partial charge in [0.15, 0.2) is 0 Å². The number of nitrogens with zero attached hydrogens (tertiary/aromatic N) is 1. The van der Waals surface area contributed by atoms with Gasteiger partial charge in [-0.15, -0.1) is 11.8 Å². The van der Waals surface area contributed by atoms with Gasteiger partial charge in [0.25, 0.3) is 0 Å². The molecule has 0 radical (unpaired) electrons. The highest BCUT2D eigenvalue weighted by molar-refractivity contribution is 7.98. The van der Waals surface area contributed by atoms with E-state index >= 15 is 0 Å². The lowest BCUT2D eigenvalue weighted by molar-refractivity contribution is -0.119. The van der Waals surface area contributed by atoms with Crippen molar-refractivity contribution in [1.82, 2.24) is 4.31 Å². The molecule has 1 N–H and O–H groups in total. The summed E-state index contributed by atoms with van der Waals surface area (Å²) in [6.45, 7) is 0.322. The molecule has 0 saturated carbocycles. The van der Waals surface area contributed by atoms with Crippen LogP contribution in [0.5, 0.6) is 5.75 Å². The van der Waals surface area contributed by atoms with E-state index in [0.29, 0.717) is 30.8 Å². The average Bonchev–Trinajstić information content (AvgIpc) is 3.19. The quantitative estimate of drug-likeness (QED) is 0.746. The zero-order valence-electron chi connectivity index (χ0n) is 15.2. The minimum Gasteiger partial charge on any atom is -0.497 e. The molecule has 1 heterocycles. The van der Waals surface area contributed by atoms with Crippen molar-refractivity contribution in [2.24, 2.45) is 0 Å². The van der Waals surface area contributed by atoms with Crippen LogP contribution in [0, 0.1) is 0 Å². The van der Waals surface area contributed by atoms with Crippen LogP contribution in [0.3, 0.4) is 0 Å². The first-order valence-corrected chi connectivity index (χ1v) is 11.2. The summed E-state index contributed by atoms with van der Waals surface area (Å²) >= 11 is 1.58. The number of anilines is 1. The molecule has 2 aromatic carbocycles. The first kappa shape index (κ1) is 19.7. The molecular formula is C19H22N2O4S2. The summed E-state index contributed by atoms with van der Waals surface area (Å²) in [6.07, 6.45) is 3.10. The van der Waals surface area contributed by atoms with Gasteiger partial charge in [0.1, 0.15) is 11.8 Å². The maximum atomic E-state index is 13.1. The van der Waals surface area contributed by atoms with Gasteiger partial charge >= 0.3 is 0 Å². The van der Waals surface area contributed by atoms with Gasteiger partial charge in [0.05, 0.1) is 12.0 Å². The number of thioether (sulfide) groups is 1. The maximum absolute atomic E-state index is 13.1. The Morgan fingerprint density at radius 2 is 2.00 bits per heavy atom. The second-order valence-corrected chi connectivity index (χ2v) is 8.94. The van der Waals surface area contributed by atoms with Gasteiger partial charge in [-0.05, 0) is 49.4 Å². The fourth-order valence-electron chi connectivity index (χ4n) is 3.11. The van der Waals surface area contributed by atoms with Crippen molar-refractivity contribution in [3.8, 4) is 5.75 Å². The molecule has 0 bridgehead atoms. The summed E-state index contributed by atoms with van der Waals surface area (Å²) in [5.41, 5.74) is 0.664. The number of amides is 1. The highest BCUT2D eigenvalue weighted by atomic mass is 32.2. The number of carbonyl (C=O) groups is 1. The van der Waals surface area contributed by atoms with E-state index in [-0.39, 0.29) is 10.8 Å². The lowest BCUT2D eigenvalue weighted by Crippen LogP contribution is -2.43. The van der Waals surface area contributed by atoms with E-state index in [9.17, 15) is 13.2 Å². The van der Waals surface area contributed by atoms with Gasteiger partial charge < -0.3 is 10.1 Å². The third kappa shape index (κ3) is 4.28. The van der Waals surface area contributed by atoms with Gasteiger partial charge in [-0.3, -0.25) is 4.79 Å². The van der Waals surface area contributed by atoms with E-state index in [0.717, 1.165) is 4.90 Å². The summed E-state index contributed by atoms with van der Waals surface area (Å²) in [6, 6.07) is 13.1. The van der Waals surface area contributed by atoms with Crippen LogP contribution in [0.2, 0.25) is 0 Å². The predicted octanol–water partition coefficient (Wildman–Crippen LogP) is 3.21. The van der Waals surface area contributed by atoms with Crippen molar-refractivity contribution >= 4 is 33.4 Å². The van der Waals surface area contributed by atoms with Gasteiger partial charge in [-0.1, -0.05) is 12.1 Å². The number of rotatable bonds is 6. The topological polar surface area (TPSA) is 75.7 Å². The van der Waals surface area contributed by atoms with Crippen LogP contribution in [-0.2, 0) is 14.8 Å². The second-order valence-electron chi connectivity index (χ2n) is 6.17. The van der Waals surface area contributed by atoms with Crippen LogP contribution < -0.4 is 10.1 Å². The molecule has 1 aliphatic rings. The summed E-state index contributed by atoms with van der Waals surface area (Å²) in [4.78, 5) is 13.9. The maximum Gasteiger partial charge on any atom is 0.243 e. The normalized spacial score (nSPS) is 17.6. The van der Waals surface area contributed by atoms with E-state index in [1.165, 1.54) is 23.5 Å². The Labute approximate surface area is 164 Å². The molecule has 2 aromatic rings. The number of sulfonamides is 1. The standard InChI is InChI=1S/C19H22N2O4S2/c1-25-15-7-4-9-17(13-15)27(23,24)21-11-5-10-18(21)19(22)20-14-6-3-8-16(12-14)26-2/h3-4,6-9,12-13,18H,5,10-11H2,1-2H3,(H,20,22)/t18-/m0/s1. The largest absolute Gasteiger partial charge is 0.497 e. The molecule has 0 aliphatic carbocycles. The molecule has 0 spiro atoms. The van der Waals surface area contributed by atoms with Crippen LogP contribution in [0.1, 0.15) is 12.8 Å². The Balaban J connectivity index is 1.82. The van der Waals surface area contributed by atoms with Crippen molar-refractivity contribution in [2.45, 2.75) is 28.7 Å². The summed E-state index contributed by atoms with van der Waals surface area (Å²) in [7, 11) is -2.30. The van der Waals surface area contributed by atoms with Gasteiger partial charge in [-0.25, -0.2) is 8.42 Å². The van der Waals surface area contributed by atoms with Gasteiger partial charge in [0.2, 0.25) is 15.9 Å². The number of ether oxygens (including phenoxy) is 1. The van der Waals surface area contributed by atoms with Crippen LogP contribution in [0.15, 0.2) is 58.3 Å². The lowest BCUT2D eigenvalue weighted by Gasteiger charge is -2.23. The molecule has 144 valence electrons. The SMILES string of the molecule is COc1cccc(S(=O)(=O)N2CCC[C@H]2C(=O)Nc2cccc(SC)c2)c1. The highest BCUT2D eigenvalue weighted by Gasteiger charge is 2.39. The monoisotopic (exact) mass is 406 g/mol. The molecule has 0 unspecified atom stereocenters. The fraction of sp³-hybridized carbons (Fsp3) is 0.316. The molecule has 27 heavy (non-hydrogen) atoms. The van der Waals surface area contributed by atoms with Crippen LogP contribution in [0.4, 0.5) is 5.69 Å². The lowest BCUT2D eigenvalue weighted by atomic mass is 10.2. The highest BCUT2D eigenvalue weighted by Crippen LogP contribution is 2.29. The minimum atomic E-state index is -3.78. The second kappa shape index (κ2) is 8.33. The summed E-state index contributed by atoms with van der Waals surface area (Å²) in [5, 5.41) is 2.85. The molecule has 1 atom stereocenters. The van der Waals surface area contributed by atoms with E-state index in [2.05, 4.69) is 5.32 Å². The molecule has 1 amide bonds. The third-order valence-electron chi connectivity index (χ3n) is 4.49. The Bertz CT molecular complexity index is 931. The number of hydrogen-bond donors (Lipinski definition) is 1. The third-order valence-corrected chi connectivity index (χ3v) is 7.12. The molecule has 3 rings (SSSR count). The van der Waals surface area contributed by atoms with Crippen LogP contribution in [-0.4, -0.2) is 44.6 Å². The molecule has 1 fully saturated rings. The molecule has 0 aromatic heterocycles. The van der Waals surface area contributed by atoms with E-state index in [1.807, 2.05) is 24.5 Å². The van der Waals surface area contributed by atoms with Crippen LogP contribution in [0.25, 0.3) is 0 Å². The van der Waals surface area contributed by atoms with Crippen LogP contribution >= 0.6 is 11.8 Å². The van der Waals surface area contributed by atoms with Gasteiger partial charge in [0, 0.05) is 23.2 Å². The fourth-order valence-corrected chi connectivity index (χ4v) is 5.26. The zero-order valence-corrected chi connectivity index (χ0v) is 16.8. The Kier molecular flexibility index (Phi) is 6.08. The number of benzene rings is 2. The number of nitrogens with one attached hydrogen (secondary N) is 1. The number of methoxy groups -OCH3 is 1. The first-order valence-electron chi connectivity index (χ1n) is 8.56. The Morgan fingerprint density at radius 3 is 2.74 bits per heavy atom. The Hall–Kier alpha value is -2.03. The van der Waals surface area contributed by atoms with Gasteiger partial charge in [-0.2, -0.15) is 4.31 Å². The van der Waals surface area contributed by atoms with Crippen molar-refractivity contribution in [3.63, 3.8) is 0 Å². The predicted molar refractivity (Wildman–Crippen MR) is 107 cm³/mol. The minimum absolute atomic E-state index is 0.130. The average molecular weight is 407 g/mol. The van der Waals surface area contributed by atoms with Crippen molar-refractivity contribution in [3.05, 3.63) is 48.5 Å².